The van der Waals surface area contributed by atoms with Gasteiger partial charge in [0.1, 0.15) is 5.54 Å². The van der Waals surface area contributed by atoms with Crippen LogP contribution in [0.2, 0.25) is 0 Å². The summed E-state index contributed by atoms with van der Waals surface area (Å²) in [5, 5.41) is 11.0. The van der Waals surface area contributed by atoms with Gasteiger partial charge < -0.3 is 0 Å². The van der Waals surface area contributed by atoms with E-state index in [0.29, 0.717) is 0 Å². The van der Waals surface area contributed by atoms with Crippen molar-refractivity contribution >= 4 is 27.3 Å². The van der Waals surface area contributed by atoms with Crippen LogP contribution >= 0.6 is 27.3 Å². The van der Waals surface area contributed by atoms with Gasteiger partial charge in [0.25, 0.3) is 0 Å². The summed E-state index contributed by atoms with van der Waals surface area (Å²) in [7, 11) is 1.97. The number of nitrogens with zero attached hydrogens (tertiary/aromatic N) is 2. The first-order chi connectivity index (χ1) is 6.45. The molecule has 0 aromatic carbocycles. The highest BCUT2D eigenvalue weighted by Crippen LogP contribution is 2.23. The molecule has 0 spiro atoms. The highest BCUT2D eigenvalue weighted by molar-refractivity contribution is 9.10. The van der Waals surface area contributed by atoms with Crippen LogP contribution in [-0.2, 0) is 6.54 Å². The van der Waals surface area contributed by atoms with Gasteiger partial charge in [0.15, 0.2) is 0 Å². The molecule has 0 atom stereocenters. The van der Waals surface area contributed by atoms with E-state index in [1.54, 1.807) is 11.3 Å². The van der Waals surface area contributed by atoms with Crippen LogP contribution in [0.5, 0.6) is 0 Å². The molecule has 1 aromatic heterocycles. The number of thiophene rings is 1. The van der Waals surface area contributed by atoms with Crippen molar-refractivity contribution in [2.24, 2.45) is 0 Å². The molecular formula is C10H13BrN2S. The largest absolute Gasteiger partial charge is 0.284 e. The lowest BCUT2D eigenvalue weighted by Gasteiger charge is -2.28. The molecule has 1 rings (SSSR count). The monoisotopic (exact) mass is 272 g/mol. The Kier molecular flexibility index (Phi) is 3.71. The van der Waals surface area contributed by atoms with E-state index in [0.717, 1.165) is 11.0 Å². The van der Waals surface area contributed by atoms with Crippen molar-refractivity contribution in [1.29, 1.82) is 5.26 Å². The summed E-state index contributed by atoms with van der Waals surface area (Å²) >= 11 is 5.12. The first kappa shape index (κ1) is 11.7. The summed E-state index contributed by atoms with van der Waals surface area (Å²) in [6.45, 7) is 4.67. The molecule has 1 heterocycles. The summed E-state index contributed by atoms with van der Waals surface area (Å²) in [5.41, 5.74) is -0.406. The molecule has 14 heavy (non-hydrogen) atoms. The minimum Gasteiger partial charge on any atom is -0.284 e. The molecule has 0 aliphatic carbocycles. The highest BCUT2D eigenvalue weighted by atomic mass is 79.9. The van der Waals surface area contributed by atoms with Gasteiger partial charge in [0, 0.05) is 21.3 Å². The molecular weight excluding hydrogens is 260 g/mol. The Balaban J connectivity index is 2.67. The maximum absolute atomic E-state index is 8.95. The second-order valence-corrected chi connectivity index (χ2v) is 5.67. The minimum atomic E-state index is -0.406. The standard InChI is InChI=1S/C10H13BrN2S/c1-10(2,7-12)13(3)5-9-4-8(11)6-14-9/h4,6H,5H2,1-3H3. The van der Waals surface area contributed by atoms with Crippen LogP contribution in [0.4, 0.5) is 0 Å². The Labute approximate surface area is 97.3 Å². The number of rotatable bonds is 3. The zero-order valence-electron chi connectivity index (χ0n) is 8.54. The Morgan fingerprint density at radius 1 is 1.64 bits per heavy atom. The third kappa shape index (κ3) is 2.81. The van der Waals surface area contributed by atoms with E-state index < -0.39 is 5.54 Å². The van der Waals surface area contributed by atoms with E-state index in [1.165, 1.54) is 4.88 Å². The smallest absolute Gasteiger partial charge is 0.103 e. The van der Waals surface area contributed by atoms with Crippen LogP contribution in [0.1, 0.15) is 18.7 Å². The summed E-state index contributed by atoms with van der Waals surface area (Å²) in [4.78, 5) is 3.31. The lowest BCUT2D eigenvalue weighted by Crippen LogP contribution is -2.38. The molecule has 1 aromatic rings. The third-order valence-corrected chi connectivity index (χ3v) is 3.93. The topological polar surface area (TPSA) is 27.0 Å². The fraction of sp³-hybridized carbons (Fsp3) is 0.500. The van der Waals surface area contributed by atoms with Crippen LogP contribution in [0.3, 0.4) is 0 Å². The van der Waals surface area contributed by atoms with E-state index in [1.807, 2.05) is 25.8 Å². The first-order valence-electron chi connectivity index (χ1n) is 4.31. The summed E-state index contributed by atoms with van der Waals surface area (Å²) in [5.74, 6) is 0. The number of halogens is 1. The maximum atomic E-state index is 8.95. The van der Waals surface area contributed by atoms with E-state index in [9.17, 15) is 0 Å². The van der Waals surface area contributed by atoms with Crippen molar-refractivity contribution in [3.05, 3.63) is 20.8 Å². The molecule has 0 N–H and O–H groups in total. The third-order valence-electron chi connectivity index (χ3n) is 2.24. The van der Waals surface area contributed by atoms with Crippen LogP contribution < -0.4 is 0 Å². The molecule has 0 aliphatic heterocycles. The molecule has 0 amide bonds. The molecule has 0 unspecified atom stereocenters. The van der Waals surface area contributed by atoms with Crippen LogP contribution in [0.25, 0.3) is 0 Å². The maximum Gasteiger partial charge on any atom is 0.103 e. The Bertz CT molecular complexity index is 351. The van der Waals surface area contributed by atoms with Crippen molar-refractivity contribution in [2.75, 3.05) is 7.05 Å². The molecule has 0 bridgehead atoms. The second-order valence-electron chi connectivity index (χ2n) is 3.76. The van der Waals surface area contributed by atoms with E-state index in [4.69, 9.17) is 5.26 Å². The number of hydrogen-bond acceptors (Lipinski definition) is 3. The van der Waals surface area contributed by atoms with Crippen LogP contribution in [0, 0.1) is 11.3 Å². The van der Waals surface area contributed by atoms with Crippen LogP contribution in [0.15, 0.2) is 15.9 Å². The fourth-order valence-corrected chi connectivity index (χ4v) is 2.46. The Morgan fingerprint density at radius 3 is 2.71 bits per heavy atom. The fourth-order valence-electron chi connectivity index (χ4n) is 0.953. The van der Waals surface area contributed by atoms with Crippen LogP contribution in [-0.4, -0.2) is 17.5 Å². The summed E-state index contributed by atoms with van der Waals surface area (Å²) < 4.78 is 1.11. The molecule has 0 saturated heterocycles. The first-order valence-corrected chi connectivity index (χ1v) is 5.98. The van der Waals surface area contributed by atoms with Gasteiger partial charge in [-0.3, -0.25) is 4.90 Å². The quantitative estimate of drug-likeness (QED) is 0.845. The van der Waals surface area contributed by atoms with Crippen molar-refractivity contribution in [2.45, 2.75) is 25.9 Å². The highest BCUT2D eigenvalue weighted by Gasteiger charge is 2.22. The average Bonchev–Trinajstić information content (AvgIpc) is 2.51. The van der Waals surface area contributed by atoms with Gasteiger partial charge in [0.2, 0.25) is 0 Å². The normalized spacial score (nSPS) is 11.7. The zero-order chi connectivity index (χ0) is 10.8. The molecule has 0 saturated carbocycles. The summed E-state index contributed by atoms with van der Waals surface area (Å²) in [6, 6.07) is 4.38. The summed E-state index contributed by atoms with van der Waals surface area (Å²) in [6.07, 6.45) is 0. The molecule has 76 valence electrons. The van der Waals surface area contributed by atoms with E-state index in [2.05, 4.69) is 33.4 Å². The van der Waals surface area contributed by atoms with Gasteiger partial charge in [0.05, 0.1) is 6.07 Å². The van der Waals surface area contributed by atoms with Gasteiger partial charge in [-0.25, -0.2) is 0 Å². The molecule has 0 radical (unpaired) electrons. The van der Waals surface area contributed by atoms with Gasteiger partial charge in [-0.1, -0.05) is 0 Å². The van der Waals surface area contributed by atoms with Gasteiger partial charge in [-0.15, -0.1) is 11.3 Å². The van der Waals surface area contributed by atoms with E-state index >= 15 is 0 Å². The van der Waals surface area contributed by atoms with Crippen molar-refractivity contribution in [1.82, 2.24) is 4.90 Å². The lowest BCUT2D eigenvalue weighted by atomic mass is 10.1. The van der Waals surface area contributed by atoms with Crippen molar-refractivity contribution < 1.29 is 0 Å². The van der Waals surface area contributed by atoms with Gasteiger partial charge in [-0.05, 0) is 42.9 Å². The van der Waals surface area contributed by atoms with Gasteiger partial charge in [-0.2, -0.15) is 5.26 Å². The SMILES string of the molecule is CN(Cc1cc(Br)cs1)C(C)(C)C#N. The second kappa shape index (κ2) is 4.43. The minimum absolute atomic E-state index is 0.406. The van der Waals surface area contributed by atoms with E-state index in [-0.39, 0.29) is 0 Å². The number of nitriles is 1. The Morgan fingerprint density at radius 2 is 2.29 bits per heavy atom. The van der Waals surface area contributed by atoms with Crippen molar-refractivity contribution in [3.8, 4) is 6.07 Å². The predicted octanol–water partition coefficient (Wildman–Crippen LogP) is 3.24. The number of hydrogen-bond donors (Lipinski definition) is 0. The Hall–Kier alpha value is -0.370. The average molecular weight is 273 g/mol. The molecule has 0 aliphatic rings. The lowest BCUT2D eigenvalue weighted by molar-refractivity contribution is 0.204. The van der Waals surface area contributed by atoms with Gasteiger partial charge >= 0.3 is 0 Å². The zero-order valence-corrected chi connectivity index (χ0v) is 10.9. The van der Waals surface area contributed by atoms with Crippen molar-refractivity contribution in [3.63, 3.8) is 0 Å². The molecule has 4 heteroatoms. The molecule has 2 nitrogen and oxygen atoms in total. The molecule has 0 fully saturated rings. The predicted molar refractivity (Wildman–Crippen MR) is 63.2 cm³/mol.